The molecule has 2 N–H and O–H groups in total. The van der Waals surface area contributed by atoms with Crippen LogP contribution in [0.3, 0.4) is 0 Å². The molecule has 0 amide bonds. The lowest BCUT2D eigenvalue weighted by Gasteiger charge is -2.15. The Balaban J connectivity index is 2.47. The van der Waals surface area contributed by atoms with E-state index in [4.69, 9.17) is 10.4 Å². The van der Waals surface area contributed by atoms with E-state index >= 15 is 0 Å². The maximum Gasteiger partial charge on any atom is 0.303 e. The van der Waals surface area contributed by atoms with Crippen molar-refractivity contribution < 1.29 is 9.90 Å². The molecule has 108 valence electrons. The fourth-order valence-corrected chi connectivity index (χ4v) is 2.42. The summed E-state index contributed by atoms with van der Waals surface area (Å²) in [7, 11) is 0. The lowest BCUT2D eigenvalue weighted by molar-refractivity contribution is -0.137. The van der Waals surface area contributed by atoms with Crippen LogP contribution in [0, 0.1) is 17.2 Å². The van der Waals surface area contributed by atoms with Gasteiger partial charge in [0.05, 0.1) is 11.3 Å². The topological polar surface area (TPSA) is 73.1 Å². The highest BCUT2D eigenvalue weighted by atomic mass is 79.9. The second-order valence-corrected chi connectivity index (χ2v) is 5.64. The molecule has 0 saturated carbocycles. The lowest BCUT2D eigenvalue weighted by atomic mass is 9.96. The Labute approximate surface area is 127 Å². The number of rotatable bonds is 8. The molecule has 1 aromatic carbocycles. The van der Waals surface area contributed by atoms with Gasteiger partial charge in [-0.3, -0.25) is 4.79 Å². The smallest absolute Gasteiger partial charge is 0.303 e. The van der Waals surface area contributed by atoms with Gasteiger partial charge in [0.2, 0.25) is 0 Å². The normalized spacial score (nSPS) is 11.7. The first-order valence-corrected chi connectivity index (χ1v) is 7.51. The molecular weight excluding hydrogens is 320 g/mol. The average molecular weight is 339 g/mol. The van der Waals surface area contributed by atoms with E-state index < -0.39 is 5.97 Å². The number of halogens is 1. The molecule has 0 radical (unpaired) electrons. The Hall–Kier alpha value is -1.54. The maximum absolute atomic E-state index is 10.6. The first-order valence-electron chi connectivity index (χ1n) is 6.72. The van der Waals surface area contributed by atoms with Crippen LogP contribution in [-0.4, -0.2) is 17.6 Å². The van der Waals surface area contributed by atoms with Crippen LogP contribution in [0.2, 0.25) is 0 Å². The zero-order valence-electron chi connectivity index (χ0n) is 11.5. The predicted molar refractivity (Wildman–Crippen MR) is 82.6 cm³/mol. The first kappa shape index (κ1) is 16.5. The highest BCUT2D eigenvalue weighted by Crippen LogP contribution is 2.21. The maximum atomic E-state index is 10.6. The lowest BCUT2D eigenvalue weighted by Crippen LogP contribution is -2.11. The summed E-state index contributed by atoms with van der Waals surface area (Å²) in [6.07, 6.45) is 2.81. The average Bonchev–Trinajstić information content (AvgIpc) is 2.43. The van der Waals surface area contributed by atoms with Crippen LogP contribution < -0.4 is 5.32 Å². The van der Waals surface area contributed by atoms with Gasteiger partial charge in [-0.25, -0.2) is 0 Å². The molecule has 0 spiro atoms. The molecule has 0 bridgehead atoms. The summed E-state index contributed by atoms with van der Waals surface area (Å²) in [5, 5.41) is 21.0. The van der Waals surface area contributed by atoms with Gasteiger partial charge in [0, 0.05) is 17.4 Å². The molecule has 20 heavy (non-hydrogen) atoms. The molecule has 4 nitrogen and oxygen atoms in total. The molecule has 1 aromatic rings. The van der Waals surface area contributed by atoms with E-state index in [0.717, 1.165) is 29.5 Å². The van der Waals surface area contributed by atoms with Crippen LogP contribution in [-0.2, 0) is 4.79 Å². The fraction of sp³-hybridized carbons (Fsp3) is 0.467. The van der Waals surface area contributed by atoms with Gasteiger partial charge in [-0.2, -0.15) is 5.26 Å². The van der Waals surface area contributed by atoms with E-state index in [0.29, 0.717) is 17.9 Å². The number of nitriles is 1. The number of nitrogens with one attached hydrogen (secondary N) is 1. The molecule has 0 saturated heterocycles. The molecule has 0 heterocycles. The second-order valence-electron chi connectivity index (χ2n) is 4.72. The number of aliphatic carboxylic acids is 1. The van der Waals surface area contributed by atoms with Crippen LogP contribution in [0.5, 0.6) is 0 Å². The molecule has 0 aliphatic carbocycles. The molecule has 1 rings (SSSR count). The van der Waals surface area contributed by atoms with Crippen LogP contribution >= 0.6 is 15.9 Å². The molecule has 0 aliphatic rings. The number of nitrogens with zero attached hydrogens (tertiary/aromatic N) is 1. The van der Waals surface area contributed by atoms with Crippen molar-refractivity contribution >= 4 is 27.6 Å². The molecule has 1 atom stereocenters. The SMILES string of the molecule is CCC(CCNc1ccc(Br)cc1C#N)CCC(=O)O. The van der Waals surface area contributed by atoms with Gasteiger partial charge < -0.3 is 10.4 Å². The fourth-order valence-electron chi connectivity index (χ4n) is 2.05. The largest absolute Gasteiger partial charge is 0.481 e. The number of carbonyl (C=O) groups is 1. The summed E-state index contributed by atoms with van der Waals surface area (Å²) in [5.41, 5.74) is 1.43. The van der Waals surface area contributed by atoms with Crippen molar-refractivity contribution in [3.63, 3.8) is 0 Å². The van der Waals surface area contributed by atoms with Gasteiger partial charge in [-0.15, -0.1) is 0 Å². The van der Waals surface area contributed by atoms with Crippen molar-refractivity contribution in [1.29, 1.82) is 5.26 Å². The Morgan fingerprint density at radius 2 is 2.25 bits per heavy atom. The van der Waals surface area contributed by atoms with Gasteiger partial charge >= 0.3 is 5.97 Å². The van der Waals surface area contributed by atoms with Crippen molar-refractivity contribution in [2.24, 2.45) is 5.92 Å². The van der Waals surface area contributed by atoms with Crippen LogP contribution in [0.15, 0.2) is 22.7 Å². The zero-order chi connectivity index (χ0) is 15.0. The van der Waals surface area contributed by atoms with Crippen molar-refractivity contribution in [2.45, 2.75) is 32.6 Å². The summed E-state index contributed by atoms with van der Waals surface area (Å²) in [5.74, 6) is -0.337. The Morgan fingerprint density at radius 1 is 1.50 bits per heavy atom. The standard InChI is InChI=1S/C15H19BrN2O2/c1-2-11(3-6-15(19)20)7-8-18-14-5-4-13(16)9-12(14)10-17/h4-5,9,11,18H,2-3,6-8H2,1H3,(H,19,20). The number of hydrogen-bond donors (Lipinski definition) is 2. The third-order valence-corrected chi connectivity index (χ3v) is 3.81. The number of carboxylic acids is 1. The highest BCUT2D eigenvalue weighted by Gasteiger charge is 2.09. The van der Waals surface area contributed by atoms with E-state index in [-0.39, 0.29) is 6.42 Å². The van der Waals surface area contributed by atoms with Crippen molar-refractivity contribution in [3.8, 4) is 6.07 Å². The summed E-state index contributed by atoms with van der Waals surface area (Å²) >= 11 is 3.34. The van der Waals surface area contributed by atoms with Crippen LogP contribution in [0.4, 0.5) is 5.69 Å². The molecular formula is C15H19BrN2O2. The van der Waals surface area contributed by atoms with Gasteiger partial charge in [0.15, 0.2) is 0 Å². The molecule has 0 aromatic heterocycles. The van der Waals surface area contributed by atoms with Crippen LogP contribution in [0.1, 0.15) is 38.2 Å². The Kier molecular flexibility index (Phi) is 7.10. The molecule has 0 aliphatic heterocycles. The molecule has 0 fully saturated rings. The van der Waals surface area contributed by atoms with Crippen molar-refractivity contribution in [3.05, 3.63) is 28.2 Å². The van der Waals surface area contributed by atoms with Crippen molar-refractivity contribution in [2.75, 3.05) is 11.9 Å². The molecule has 1 unspecified atom stereocenters. The quantitative estimate of drug-likeness (QED) is 0.750. The number of carboxylic acid groups (broad SMARTS) is 1. The van der Waals surface area contributed by atoms with Crippen LogP contribution in [0.25, 0.3) is 0 Å². The third kappa shape index (κ3) is 5.62. The summed E-state index contributed by atoms with van der Waals surface area (Å²) in [6, 6.07) is 7.71. The van der Waals surface area contributed by atoms with E-state index in [9.17, 15) is 4.79 Å². The zero-order valence-corrected chi connectivity index (χ0v) is 13.1. The van der Waals surface area contributed by atoms with E-state index in [1.165, 1.54) is 0 Å². The van der Waals surface area contributed by atoms with E-state index in [2.05, 4.69) is 34.2 Å². The highest BCUT2D eigenvalue weighted by molar-refractivity contribution is 9.10. The number of anilines is 1. The first-order chi connectivity index (χ1) is 9.56. The number of hydrogen-bond acceptors (Lipinski definition) is 3. The number of benzene rings is 1. The second kappa shape index (κ2) is 8.60. The third-order valence-electron chi connectivity index (χ3n) is 3.31. The summed E-state index contributed by atoms with van der Waals surface area (Å²) in [6.45, 7) is 2.82. The van der Waals surface area contributed by atoms with E-state index in [1.807, 2.05) is 12.1 Å². The molecule has 5 heteroatoms. The van der Waals surface area contributed by atoms with E-state index in [1.54, 1.807) is 6.07 Å². The minimum Gasteiger partial charge on any atom is -0.481 e. The van der Waals surface area contributed by atoms with Gasteiger partial charge in [-0.1, -0.05) is 29.3 Å². The van der Waals surface area contributed by atoms with Crippen molar-refractivity contribution in [1.82, 2.24) is 0 Å². The van der Waals surface area contributed by atoms with Gasteiger partial charge in [0.25, 0.3) is 0 Å². The summed E-state index contributed by atoms with van der Waals surface area (Å²) < 4.78 is 0.882. The van der Waals surface area contributed by atoms with Gasteiger partial charge in [0.1, 0.15) is 6.07 Å². The minimum atomic E-state index is -0.740. The summed E-state index contributed by atoms with van der Waals surface area (Å²) in [4.78, 5) is 10.6. The minimum absolute atomic E-state index is 0.222. The predicted octanol–water partition coefficient (Wildman–Crippen LogP) is 4.01. The monoisotopic (exact) mass is 338 g/mol. The van der Waals surface area contributed by atoms with Gasteiger partial charge in [-0.05, 0) is 37.0 Å². The Bertz CT molecular complexity index is 497. The Morgan fingerprint density at radius 3 is 2.85 bits per heavy atom.